The molecule has 0 bridgehead atoms. The van der Waals surface area contributed by atoms with Gasteiger partial charge in [-0.05, 0) is 38.8 Å². The van der Waals surface area contributed by atoms with Crippen LogP contribution in [0, 0.1) is 6.92 Å². The lowest BCUT2D eigenvalue weighted by molar-refractivity contribution is 0.0377. The molecule has 2 saturated heterocycles. The molecule has 28 heavy (non-hydrogen) atoms. The van der Waals surface area contributed by atoms with Crippen LogP contribution in [0.15, 0.2) is 29.3 Å². The van der Waals surface area contributed by atoms with Crippen molar-refractivity contribution in [3.8, 4) is 0 Å². The zero-order valence-corrected chi connectivity index (χ0v) is 19.7. The molecule has 2 fully saturated rings. The van der Waals surface area contributed by atoms with Gasteiger partial charge in [0.05, 0.1) is 13.2 Å². The standard InChI is InChI=1S/C21H35N5O.HI/c1-3-22-21(23-10-4-11-25-13-15-27-16-14-25)24-19-9-12-26(17-19)20-7-5-18(2)6-8-20;/h5-8,19H,3-4,9-17H2,1-2H3,(H2,22,23,24);1H. The highest BCUT2D eigenvalue weighted by Crippen LogP contribution is 2.20. The molecule has 158 valence electrons. The molecule has 0 aromatic heterocycles. The summed E-state index contributed by atoms with van der Waals surface area (Å²) < 4.78 is 5.40. The number of rotatable bonds is 7. The number of nitrogens with one attached hydrogen (secondary N) is 2. The van der Waals surface area contributed by atoms with Crippen LogP contribution in [0.2, 0.25) is 0 Å². The SMILES string of the molecule is CCNC(=NCCCN1CCOCC1)NC1CCN(c2ccc(C)cc2)C1.I. The maximum absolute atomic E-state index is 5.40. The van der Waals surface area contributed by atoms with E-state index in [1.54, 1.807) is 0 Å². The minimum atomic E-state index is 0. The molecule has 2 aliphatic heterocycles. The molecule has 0 saturated carbocycles. The van der Waals surface area contributed by atoms with Crippen LogP contribution in [-0.2, 0) is 4.74 Å². The van der Waals surface area contributed by atoms with Gasteiger partial charge in [0.2, 0.25) is 0 Å². The van der Waals surface area contributed by atoms with Gasteiger partial charge in [-0.15, -0.1) is 24.0 Å². The molecule has 6 nitrogen and oxygen atoms in total. The highest BCUT2D eigenvalue weighted by atomic mass is 127. The van der Waals surface area contributed by atoms with Crippen LogP contribution in [0.5, 0.6) is 0 Å². The Bertz CT molecular complexity index is 589. The van der Waals surface area contributed by atoms with Gasteiger partial charge in [-0.1, -0.05) is 17.7 Å². The summed E-state index contributed by atoms with van der Waals surface area (Å²) in [6, 6.07) is 9.28. The third kappa shape index (κ3) is 7.40. The number of guanidine groups is 1. The molecule has 2 N–H and O–H groups in total. The normalized spacial score (nSPS) is 20.7. The highest BCUT2D eigenvalue weighted by molar-refractivity contribution is 14.0. The minimum absolute atomic E-state index is 0. The Morgan fingerprint density at radius 3 is 2.64 bits per heavy atom. The van der Waals surface area contributed by atoms with E-state index in [4.69, 9.17) is 9.73 Å². The molecule has 1 atom stereocenters. The van der Waals surface area contributed by atoms with Crippen LogP contribution in [0.25, 0.3) is 0 Å². The lowest BCUT2D eigenvalue weighted by Gasteiger charge is -2.26. The summed E-state index contributed by atoms with van der Waals surface area (Å²) in [7, 11) is 0. The van der Waals surface area contributed by atoms with E-state index >= 15 is 0 Å². The average molecular weight is 501 g/mol. The van der Waals surface area contributed by atoms with E-state index in [0.29, 0.717) is 6.04 Å². The predicted molar refractivity (Wildman–Crippen MR) is 128 cm³/mol. The summed E-state index contributed by atoms with van der Waals surface area (Å²) in [5.41, 5.74) is 2.63. The van der Waals surface area contributed by atoms with Crippen LogP contribution in [0.1, 0.15) is 25.3 Å². The summed E-state index contributed by atoms with van der Waals surface area (Å²) in [6.07, 6.45) is 2.24. The Morgan fingerprint density at radius 1 is 1.18 bits per heavy atom. The second-order valence-electron chi connectivity index (χ2n) is 7.48. The summed E-state index contributed by atoms with van der Waals surface area (Å²) in [5, 5.41) is 7.03. The van der Waals surface area contributed by atoms with Crippen LogP contribution in [0.3, 0.4) is 0 Å². The summed E-state index contributed by atoms with van der Waals surface area (Å²) in [5.74, 6) is 0.954. The Hall–Kier alpha value is -1.06. The number of aliphatic imine (C=N–C) groups is 1. The van der Waals surface area contributed by atoms with E-state index in [1.807, 2.05) is 0 Å². The van der Waals surface area contributed by atoms with Crippen molar-refractivity contribution in [2.24, 2.45) is 4.99 Å². The molecule has 3 rings (SSSR count). The first-order valence-corrected chi connectivity index (χ1v) is 10.4. The van der Waals surface area contributed by atoms with Crippen molar-refractivity contribution in [3.05, 3.63) is 29.8 Å². The molecule has 0 aliphatic carbocycles. The molecule has 0 radical (unpaired) electrons. The van der Waals surface area contributed by atoms with E-state index in [-0.39, 0.29) is 24.0 Å². The first kappa shape index (κ1) is 23.2. The average Bonchev–Trinajstić information content (AvgIpc) is 3.15. The Balaban J connectivity index is 0.00000280. The summed E-state index contributed by atoms with van der Waals surface area (Å²) in [4.78, 5) is 9.71. The molecule has 2 heterocycles. The molecule has 1 aromatic rings. The number of nitrogens with zero attached hydrogens (tertiary/aromatic N) is 3. The molecule has 7 heteroatoms. The van der Waals surface area contributed by atoms with Crippen molar-refractivity contribution >= 4 is 35.6 Å². The van der Waals surface area contributed by atoms with Gasteiger partial charge < -0.3 is 20.3 Å². The number of ether oxygens (including phenoxy) is 1. The first-order chi connectivity index (χ1) is 13.2. The monoisotopic (exact) mass is 501 g/mol. The topological polar surface area (TPSA) is 52.1 Å². The number of morpholine rings is 1. The second-order valence-corrected chi connectivity index (χ2v) is 7.48. The maximum Gasteiger partial charge on any atom is 0.191 e. The molecule has 0 spiro atoms. The molecule has 1 aromatic carbocycles. The number of hydrogen-bond acceptors (Lipinski definition) is 4. The van der Waals surface area contributed by atoms with Crippen LogP contribution >= 0.6 is 24.0 Å². The highest BCUT2D eigenvalue weighted by Gasteiger charge is 2.23. The van der Waals surface area contributed by atoms with Crippen molar-refractivity contribution in [2.45, 2.75) is 32.7 Å². The summed E-state index contributed by atoms with van der Waals surface area (Å²) >= 11 is 0. The molecule has 0 amide bonds. The molecule has 1 unspecified atom stereocenters. The zero-order chi connectivity index (χ0) is 18.9. The lowest BCUT2D eigenvalue weighted by Crippen LogP contribution is -2.44. The number of halogens is 1. The lowest BCUT2D eigenvalue weighted by atomic mass is 10.2. The van der Waals surface area contributed by atoms with Crippen LogP contribution < -0.4 is 15.5 Å². The van der Waals surface area contributed by atoms with E-state index in [1.165, 1.54) is 11.3 Å². The van der Waals surface area contributed by atoms with Gasteiger partial charge in [0.25, 0.3) is 0 Å². The van der Waals surface area contributed by atoms with E-state index in [9.17, 15) is 0 Å². The van der Waals surface area contributed by atoms with Gasteiger partial charge in [-0.3, -0.25) is 9.89 Å². The van der Waals surface area contributed by atoms with E-state index in [0.717, 1.165) is 77.8 Å². The number of anilines is 1. The van der Waals surface area contributed by atoms with Gasteiger partial charge in [0.1, 0.15) is 0 Å². The van der Waals surface area contributed by atoms with Crippen LogP contribution in [0.4, 0.5) is 5.69 Å². The summed E-state index contributed by atoms with van der Waals surface area (Å²) in [6.45, 7) is 13.1. The zero-order valence-electron chi connectivity index (χ0n) is 17.3. The van der Waals surface area contributed by atoms with Gasteiger partial charge in [0.15, 0.2) is 5.96 Å². The first-order valence-electron chi connectivity index (χ1n) is 10.4. The predicted octanol–water partition coefficient (Wildman–Crippen LogP) is 2.47. The molecular formula is C21H36IN5O. The Kier molecular flexibility index (Phi) is 10.4. The van der Waals surface area contributed by atoms with Gasteiger partial charge >= 0.3 is 0 Å². The maximum atomic E-state index is 5.40. The van der Waals surface area contributed by atoms with Crippen molar-refractivity contribution in [3.63, 3.8) is 0 Å². The molecular weight excluding hydrogens is 465 g/mol. The third-order valence-corrected chi connectivity index (χ3v) is 5.28. The van der Waals surface area contributed by atoms with E-state index in [2.05, 4.69) is 58.5 Å². The fourth-order valence-corrected chi connectivity index (χ4v) is 3.69. The largest absolute Gasteiger partial charge is 0.379 e. The number of hydrogen-bond donors (Lipinski definition) is 2. The second kappa shape index (κ2) is 12.5. The Labute approximate surface area is 187 Å². The minimum Gasteiger partial charge on any atom is -0.379 e. The van der Waals surface area contributed by atoms with Crippen molar-refractivity contribution in [1.29, 1.82) is 0 Å². The third-order valence-electron chi connectivity index (χ3n) is 5.28. The van der Waals surface area contributed by atoms with Crippen molar-refractivity contribution in [1.82, 2.24) is 15.5 Å². The Morgan fingerprint density at radius 2 is 1.93 bits per heavy atom. The van der Waals surface area contributed by atoms with Gasteiger partial charge in [-0.2, -0.15) is 0 Å². The van der Waals surface area contributed by atoms with Gasteiger partial charge in [-0.25, -0.2) is 0 Å². The van der Waals surface area contributed by atoms with E-state index < -0.39 is 0 Å². The quantitative estimate of drug-likeness (QED) is 0.260. The fraction of sp³-hybridized carbons (Fsp3) is 0.667. The molecule has 2 aliphatic rings. The van der Waals surface area contributed by atoms with Gasteiger partial charge in [0, 0.05) is 57.5 Å². The van der Waals surface area contributed by atoms with Crippen LogP contribution in [-0.4, -0.2) is 75.9 Å². The number of benzene rings is 1. The van der Waals surface area contributed by atoms with Crippen molar-refractivity contribution < 1.29 is 4.74 Å². The smallest absolute Gasteiger partial charge is 0.191 e. The number of aryl methyl sites for hydroxylation is 1. The fourth-order valence-electron chi connectivity index (χ4n) is 3.69. The van der Waals surface area contributed by atoms with Crippen molar-refractivity contribution in [2.75, 3.05) is 63.9 Å².